The van der Waals surface area contributed by atoms with Crippen molar-refractivity contribution >= 4 is 17.1 Å². The van der Waals surface area contributed by atoms with Crippen LogP contribution in [0.3, 0.4) is 0 Å². The molecule has 0 radical (unpaired) electrons. The van der Waals surface area contributed by atoms with Gasteiger partial charge in [0.1, 0.15) is 6.33 Å². The van der Waals surface area contributed by atoms with Crippen LogP contribution in [0.25, 0.3) is 16.9 Å². The first kappa shape index (κ1) is 12.2. The third kappa shape index (κ3) is 1.96. The highest BCUT2D eigenvalue weighted by molar-refractivity contribution is 5.72. The molecule has 0 amide bonds. The quantitative estimate of drug-likeness (QED) is 0.717. The van der Waals surface area contributed by atoms with Crippen LogP contribution in [0.4, 0.5) is 5.95 Å². The number of anilines is 1. The van der Waals surface area contributed by atoms with Crippen LogP contribution in [-0.4, -0.2) is 31.1 Å². The molecule has 8 heteroatoms. The maximum absolute atomic E-state index is 11.7. The van der Waals surface area contributed by atoms with Gasteiger partial charge in [0.25, 0.3) is 5.56 Å². The van der Waals surface area contributed by atoms with Crippen molar-refractivity contribution in [3.8, 4) is 11.6 Å². The Morgan fingerprint density at radius 3 is 2.95 bits per heavy atom. The fraction of sp³-hybridized carbons (Fsp3) is 0.167. The summed E-state index contributed by atoms with van der Waals surface area (Å²) in [4.78, 5) is 26.4. The van der Waals surface area contributed by atoms with E-state index in [4.69, 9.17) is 10.5 Å². The standard InChI is InChI=1S/C12H12N6O2/c1-2-20-8-4-3-7(5-14-8)18-6-15-9-10(18)16-12(13)17-11(9)19/h3-6H,2H2,1H3,(H3,13,16,17,19). The Kier molecular flexibility index (Phi) is 2.82. The van der Waals surface area contributed by atoms with E-state index < -0.39 is 0 Å². The molecule has 8 nitrogen and oxygen atoms in total. The maximum atomic E-state index is 11.7. The topological polar surface area (TPSA) is 112 Å². The van der Waals surface area contributed by atoms with E-state index in [0.29, 0.717) is 23.8 Å². The van der Waals surface area contributed by atoms with Gasteiger partial charge in [-0.2, -0.15) is 4.98 Å². The first-order valence-electron chi connectivity index (χ1n) is 6.01. The SMILES string of the molecule is CCOc1ccc(-n2cnc3c(=O)[nH]c(N)nc32)cn1. The molecule has 0 aliphatic rings. The van der Waals surface area contributed by atoms with Gasteiger partial charge in [-0.05, 0) is 13.0 Å². The molecule has 0 bridgehead atoms. The number of hydrogen-bond acceptors (Lipinski definition) is 6. The maximum Gasteiger partial charge on any atom is 0.280 e. The summed E-state index contributed by atoms with van der Waals surface area (Å²) in [7, 11) is 0. The van der Waals surface area contributed by atoms with Gasteiger partial charge in [0.2, 0.25) is 11.8 Å². The van der Waals surface area contributed by atoms with Crippen LogP contribution in [0.15, 0.2) is 29.5 Å². The molecular weight excluding hydrogens is 260 g/mol. The minimum Gasteiger partial charge on any atom is -0.478 e. The number of pyridine rings is 1. The van der Waals surface area contributed by atoms with Gasteiger partial charge in [-0.3, -0.25) is 14.3 Å². The smallest absolute Gasteiger partial charge is 0.280 e. The second-order valence-electron chi connectivity index (χ2n) is 4.03. The van der Waals surface area contributed by atoms with E-state index >= 15 is 0 Å². The number of rotatable bonds is 3. The normalized spacial score (nSPS) is 10.8. The number of H-pyrrole nitrogens is 1. The molecular formula is C12H12N6O2. The summed E-state index contributed by atoms with van der Waals surface area (Å²) in [5.41, 5.74) is 6.51. The molecule has 0 aliphatic carbocycles. The summed E-state index contributed by atoms with van der Waals surface area (Å²) < 4.78 is 6.92. The van der Waals surface area contributed by atoms with Crippen molar-refractivity contribution < 1.29 is 4.74 Å². The van der Waals surface area contributed by atoms with Crippen molar-refractivity contribution in [3.05, 3.63) is 35.0 Å². The van der Waals surface area contributed by atoms with Gasteiger partial charge in [-0.15, -0.1) is 0 Å². The highest BCUT2D eigenvalue weighted by atomic mass is 16.5. The Hall–Kier alpha value is -2.90. The molecule has 0 saturated heterocycles. The summed E-state index contributed by atoms with van der Waals surface area (Å²) in [6.07, 6.45) is 3.12. The van der Waals surface area contributed by atoms with Gasteiger partial charge >= 0.3 is 0 Å². The number of aromatic nitrogens is 5. The Morgan fingerprint density at radius 1 is 1.40 bits per heavy atom. The molecule has 0 aromatic carbocycles. The molecule has 3 N–H and O–H groups in total. The van der Waals surface area contributed by atoms with Crippen molar-refractivity contribution in [1.82, 2.24) is 24.5 Å². The number of imidazole rings is 1. The van der Waals surface area contributed by atoms with E-state index in [9.17, 15) is 4.79 Å². The zero-order chi connectivity index (χ0) is 14.1. The number of nitrogens with zero attached hydrogens (tertiary/aromatic N) is 4. The molecule has 0 spiro atoms. The number of nitrogens with two attached hydrogens (primary N) is 1. The number of fused-ring (bicyclic) bond motifs is 1. The Morgan fingerprint density at radius 2 is 2.25 bits per heavy atom. The van der Waals surface area contributed by atoms with Crippen LogP contribution in [0.5, 0.6) is 5.88 Å². The summed E-state index contributed by atoms with van der Waals surface area (Å²) >= 11 is 0. The van der Waals surface area contributed by atoms with Gasteiger partial charge in [0.05, 0.1) is 18.5 Å². The van der Waals surface area contributed by atoms with E-state index in [1.54, 1.807) is 22.9 Å². The third-order valence-electron chi connectivity index (χ3n) is 2.72. The first-order valence-corrected chi connectivity index (χ1v) is 6.01. The molecule has 0 saturated carbocycles. The number of nitrogen functional groups attached to an aromatic ring is 1. The fourth-order valence-corrected chi connectivity index (χ4v) is 1.86. The summed E-state index contributed by atoms with van der Waals surface area (Å²) in [5, 5.41) is 0. The lowest BCUT2D eigenvalue weighted by molar-refractivity contribution is 0.327. The van der Waals surface area contributed by atoms with Crippen molar-refractivity contribution in [2.24, 2.45) is 0 Å². The molecule has 0 fully saturated rings. The average molecular weight is 272 g/mol. The van der Waals surface area contributed by atoms with E-state index in [1.165, 1.54) is 6.33 Å². The molecule has 3 rings (SSSR count). The van der Waals surface area contributed by atoms with E-state index in [-0.39, 0.29) is 17.0 Å². The zero-order valence-electron chi connectivity index (χ0n) is 10.7. The lowest BCUT2D eigenvalue weighted by Gasteiger charge is -2.05. The second-order valence-corrected chi connectivity index (χ2v) is 4.03. The molecule has 0 atom stereocenters. The van der Waals surface area contributed by atoms with Crippen molar-refractivity contribution in [2.75, 3.05) is 12.3 Å². The van der Waals surface area contributed by atoms with Gasteiger partial charge < -0.3 is 10.5 Å². The van der Waals surface area contributed by atoms with Crippen LogP contribution in [-0.2, 0) is 0 Å². The van der Waals surface area contributed by atoms with Crippen LogP contribution in [0.1, 0.15) is 6.92 Å². The van der Waals surface area contributed by atoms with E-state index in [0.717, 1.165) is 0 Å². The summed E-state index contributed by atoms with van der Waals surface area (Å²) in [5.74, 6) is 0.578. The molecule has 20 heavy (non-hydrogen) atoms. The lowest BCUT2D eigenvalue weighted by Crippen LogP contribution is -2.12. The molecule has 0 unspecified atom stereocenters. The number of nitrogens with one attached hydrogen (secondary N) is 1. The highest BCUT2D eigenvalue weighted by Gasteiger charge is 2.10. The van der Waals surface area contributed by atoms with E-state index in [1.807, 2.05) is 6.92 Å². The zero-order valence-corrected chi connectivity index (χ0v) is 10.7. The molecule has 102 valence electrons. The van der Waals surface area contributed by atoms with Crippen molar-refractivity contribution in [3.63, 3.8) is 0 Å². The monoisotopic (exact) mass is 272 g/mol. The molecule has 0 aliphatic heterocycles. The molecule has 3 aromatic rings. The molecule has 3 heterocycles. The van der Waals surface area contributed by atoms with Crippen LogP contribution in [0.2, 0.25) is 0 Å². The predicted octanol–water partition coefficient (Wildman–Crippen LogP) is 0.485. The lowest BCUT2D eigenvalue weighted by atomic mass is 10.4. The van der Waals surface area contributed by atoms with Crippen LogP contribution in [0, 0.1) is 0 Å². The first-order chi connectivity index (χ1) is 9.69. The largest absolute Gasteiger partial charge is 0.478 e. The van der Waals surface area contributed by atoms with E-state index in [2.05, 4.69) is 19.9 Å². The van der Waals surface area contributed by atoms with Gasteiger partial charge in [0, 0.05) is 6.07 Å². The van der Waals surface area contributed by atoms with Crippen molar-refractivity contribution in [2.45, 2.75) is 6.92 Å². The predicted molar refractivity (Wildman–Crippen MR) is 72.9 cm³/mol. The summed E-state index contributed by atoms with van der Waals surface area (Å²) in [6.45, 7) is 2.44. The number of ether oxygens (including phenoxy) is 1. The Bertz CT molecular complexity index is 805. The van der Waals surface area contributed by atoms with Gasteiger partial charge in [-0.25, -0.2) is 9.97 Å². The fourth-order valence-electron chi connectivity index (χ4n) is 1.86. The average Bonchev–Trinajstić information content (AvgIpc) is 2.84. The minimum absolute atomic E-state index is 0.0446. The van der Waals surface area contributed by atoms with Gasteiger partial charge in [0.15, 0.2) is 11.2 Å². The van der Waals surface area contributed by atoms with Crippen LogP contribution >= 0.6 is 0 Å². The molecule has 3 aromatic heterocycles. The third-order valence-corrected chi connectivity index (χ3v) is 2.72. The minimum atomic E-state index is -0.370. The van der Waals surface area contributed by atoms with Gasteiger partial charge in [-0.1, -0.05) is 0 Å². The van der Waals surface area contributed by atoms with Crippen LogP contribution < -0.4 is 16.0 Å². The number of aromatic amines is 1. The number of hydrogen-bond donors (Lipinski definition) is 2. The summed E-state index contributed by atoms with van der Waals surface area (Å²) in [6, 6.07) is 3.54. The van der Waals surface area contributed by atoms with Crippen molar-refractivity contribution in [1.29, 1.82) is 0 Å². The highest BCUT2D eigenvalue weighted by Crippen LogP contribution is 2.16. The second kappa shape index (κ2) is 4.65. The Balaban J connectivity index is 2.12. The Labute approximate surface area is 113 Å².